The Kier molecular flexibility index (Phi) is 4.62. The Hall–Kier alpha value is -1.51. The van der Waals surface area contributed by atoms with E-state index >= 15 is 0 Å². The third-order valence-corrected chi connectivity index (χ3v) is 3.24. The molecule has 0 unspecified atom stereocenters. The number of nitrogens with two attached hydrogens (primary N) is 1. The quantitative estimate of drug-likeness (QED) is 0.585. The average Bonchev–Trinajstić information content (AvgIpc) is 2.78. The number of unbranched alkanes of at least 4 members (excludes halogenated alkanes) is 5. The summed E-state index contributed by atoms with van der Waals surface area (Å²) in [5.74, 6) is 0.818. The van der Waals surface area contributed by atoms with Crippen LogP contribution in [0.3, 0.4) is 0 Å². The van der Waals surface area contributed by atoms with Gasteiger partial charge in [-0.15, -0.1) is 0 Å². The van der Waals surface area contributed by atoms with Gasteiger partial charge in [0.05, 0.1) is 5.69 Å². The summed E-state index contributed by atoms with van der Waals surface area (Å²) in [6, 6.07) is 5.68. The van der Waals surface area contributed by atoms with Crippen molar-refractivity contribution < 1.29 is 4.42 Å². The lowest BCUT2D eigenvalue weighted by Gasteiger charge is -1.98. The zero-order chi connectivity index (χ0) is 12.8. The van der Waals surface area contributed by atoms with Gasteiger partial charge in [-0.2, -0.15) is 0 Å². The van der Waals surface area contributed by atoms with E-state index in [1.807, 2.05) is 18.2 Å². The molecule has 2 N–H and O–H groups in total. The van der Waals surface area contributed by atoms with Crippen molar-refractivity contribution in [1.82, 2.24) is 4.98 Å². The van der Waals surface area contributed by atoms with Crippen LogP contribution in [0.25, 0.3) is 11.1 Å². The lowest BCUT2D eigenvalue weighted by molar-refractivity contribution is 0.505. The molecule has 0 spiro atoms. The first-order valence-electron chi connectivity index (χ1n) is 6.95. The van der Waals surface area contributed by atoms with Crippen molar-refractivity contribution in [3.8, 4) is 0 Å². The van der Waals surface area contributed by atoms with Crippen molar-refractivity contribution in [3.63, 3.8) is 0 Å². The van der Waals surface area contributed by atoms with E-state index in [2.05, 4.69) is 11.9 Å². The Morgan fingerprint density at radius 2 is 1.89 bits per heavy atom. The number of nitrogen functional groups attached to an aromatic ring is 1. The Morgan fingerprint density at radius 1 is 1.11 bits per heavy atom. The van der Waals surface area contributed by atoms with E-state index in [1.54, 1.807) is 0 Å². The summed E-state index contributed by atoms with van der Waals surface area (Å²) in [7, 11) is 0. The zero-order valence-corrected chi connectivity index (χ0v) is 11.1. The molecule has 1 aromatic heterocycles. The van der Waals surface area contributed by atoms with Crippen LogP contribution in [-0.4, -0.2) is 4.98 Å². The van der Waals surface area contributed by atoms with E-state index in [-0.39, 0.29) is 0 Å². The molecule has 0 aliphatic carbocycles. The number of aryl methyl sites for hydroxylation is 1. The highest BCUT2D eigenvalue weighted by Crippen LogP contribution is 2.22. The number of nitrogens with zero attached hydrogens (tertiary/aromatic N) is 1. The molecule has 3 heteroatoms. The molecule has 0 saturated carbocycles. The van der Waals surface area contributed by atoms with Crippen LogP contribution in [0.2, 0.25) is 0 Å². The monoisotopic (exact) mass is 246 g/mol. The maximum atomic E-state index is 5.86. The summed E-state index contributed by atoms with van der Waals surface area (Å²) in [6.07, 6.45) is 8.63. The van der Waals surface area contributed by atoms with Gasteiger partial charge in [-0.05, 0) is 18.6 Å². The molecule has 0 radical (unpaired) electrons. The van der Waals surface area contributed by atoms with Gasteiger partial charge in [0.25, 0.3) is 0 Å². The van der Waals surface area contributed by atoms with Crippen LogP contribution in [0.1, 0.15) is 51.3 Å². The van der Waals surface area contributed by atoms with Gasteiger partial charge >= 0.3 is 0 Å². The fraction of sp³-hybridized carbons (Fsp3) is 0.533. The molecule has 2 aromatic rings. The number of para-hydroxylation sites is 1. The van der Waals surface area contributed by atoms with E-state index < -0.39 is 0 Å². The molecule has 3 nitrogen and oxygen atoms in total. The normalized spacial score (nSPS) is 11.2. The van der Waals surface area contributed by atoms with Crippen LogP contribution in [0.5, 0.6) is 0 Å². The van der Waals surface area contributed by atoms with E-state index in [0.29, 0.717) is 5.69 Å². The molecule has 0 saturated heterocycles. The lowest BCUT2D eigenvalue weighted by Crippen LogP contribution is -1.88. The van der Waals surface area contributed by atoms with Crippen molar-refractivity contribution >= 4 is 16.8 Å². The maximum Gasteiger partial charge on any atom is 0.195 e. The van der Waals surface area contributed by atoms with Crippen molar-refractivity contribution in [2.75, 3.05) is 5.73 Å². The van der Waals surface area contributed by atoms with E-state index in [0.717, 1.165) is 29.8 Å². The van der Waals surface area contributed by atoms with Gasteiger partial charge in [0.15, 0.2) is 11.5 Å². The highest BCUT2D eigenvalue weighted by atomic mass is 16.3. The molecule has 1 heterocycles. The Balaban J connectivity index is 1.83. The van der Waals surface area contributed by atoms with Gasteiger partial charge in [-0.3, -0.25) is 0 Å². The maximum absolute atomic E-state index is 5.86. The molecule has 0 aliphatic heterocycles. The van der Waals surface area contributed by atoms with Gasteiger partial charge in [0, 0.05) is 6.42 Å². The van der Waals surface area contributed by atoms with Crippen molar-refractivity contribution in [2.24, 2.45) is 0 Å². The van der Waals surface area contributed by atoms with Crippen LogP contribution >= 0.6 is 0 Å². The number of oxazole rings is 1. The number of anilines is 1. The molecule has 0 amide bonds. The molecule has 0 fully saturated rings. The minimum absolute atomic E-state index is 0.699. The van der Waals surface area contributed by atoms with Crippen LogP contribution in [0.4, 0.5) is 5.69 Å². The van der Waals surface area contributed by atoms with Crippen LogP contribution in [0.15, 0.2) is 22.6 Å². The Labute approximate surface area is 108 Å². The average molecular weight is 246 g/mol. The van der Waals surface area contributed by atoms with E-state index in [4.69, 9.17) is 10.2 Å². The highest BCUT2D eigenvalue weighted by molar-refractivity contribution is 5.85. The molecule has 2 rings (SSSR count). The molecule has 0 aliphatic rings. The molecule has 98 valence electrons. The smallest absolute Gasteiger partial charge is 0.195 e. The second-order valence-electron chi connectivity index (χ2n) is 4.82. The Bertz CT molecular complexity index is 490. The number of hydrogen-bond donors (Lipinski definition) is 1. The van der Waals surface area contributed by atoms with Gasteiger partial charge in [-0.25, -0.2) is 4.98 Å². The summed E-state index contributed by atoms with van der Waals surface area (Å²) in [5.41, 5.74) is 8.16. The van der Waals surface area contributed by atoms with Crippen molar-refractivity contribution in [3.05, 3.63) is 24.1 Å². The fourth-order valence-corrected chi connectivity index (χ4v) is 2.18. The van der Waals surface area contributed by atoms with E-state index in [9.17, 15) is 0 Å². The predicted molar refractivity (Wildman–Crippen MR) is 75.5 cm³/mol. The molecule has 1 aromatic carbocycles. The molecule has 18 heavy (non-hydrogen) atoms. The summed E-state index contributed by atoms with van der Waals surface area (Å²) in [4.78, 5) is 4.45. The zero-order valence-electron chi connectivity index (χ0n) is 11.1. The predicted octanol–water partition coefficient (Wildman–Crippen LogP) is 4.31. The van der Waals surface area contributed by atoms with Crippen LogP contribution in [0, 0.1) is 0 Å². The first kappa shape index (κ1) is 12.9. The summed E-state index contributed by atoms with van der Waals surface area (Å²) in [6.45, 7) is 2.24. The summed E-state index contributed by atoms with van der Waals surface area (Å²) < 4.78 is 5.69. The van der Waals surface area contributed by atoms with Gasteiger partial charge < -0.3 is 10.2 Å². The fourth-order valence-electron chi connectivity index (χ4n) is 2.18. The summed E-state index contributed by atoms with van der Waals surface area (Å²) in [5, 5.41) is 0. The van der Waals surface area contributed by atoms with Crippen LogP contribution < -0.4 is 5.73 Å². The number of fused-ring (bicyclic) bond motifs is 1. The van der Waals surface area contributed by atoms with Gasteiger partial charge in [0.1, 0.15) is 5.52 Å². The standard InChI is InChI=1S/C15H22N2O/c1-2-3-4-5-6-7-11-14-17-15-12(16)9-8-10-13(15)18-14/h8-10H,2-7,11,16H2,1H3. The second kappa shape index (κ2) is 6.43. The highest BCUT2D eigenvalue weighted by Gasteiger charge is 2.07. The van der Waals surface area contributed by atoms with E-state index in [1.165, 1.54) is 32.1 Å². The third-order valence-electron chi connectivity index (χ3n) is 3.24. The molecular formula is C15H22N2O. The molecular weight excluding hydrogens is 224 g/mol. The number of benzene rings is 1. The number of rotatable bonds is 7. The lowest BCUT2D eigenvalue weighted by atomic mass is 10.1. The van der Waals surface area contributed by atoms with Gasteiger partial charge in [-0.1, -0.05) is 45.1 Å². The number of hydrogen-bond acceptors (Lipinski definition) is 3. The molecule has 0 bridgehead atoms. The topological polar surface area (TPSA) is 52.0 Å². The Morgan fingerprint density at radius 3 is 2.67 bits per heavy atom. The van der Waals surface area contributed by atoms with Crippen LogP contribution in [-0.2, 0) is 6.42 Å². The molecule has 0 atom stereocenters. The van der Waals surface area contributed by atoms with Gasteiger partial charge in [0.2, 0.25) is 0 Å². The second-order valence-corrected chi connectivity index (χ2v) is 4.82. The van der Waals surface area contributed by atoms with Crippen molar-refractivity contribution in [2.45, 2.75) is 51.9 Å². The number of aromatic nitrogens is 1. The SMILES string of the molecule is CCCCCCCCc1nc2c(N)cccc2o1. The van der Waals surface area contributed by atoms with Crippen molar-refractivity contribution in [1.29, 1.82) is 0 Å². The summed E-state index contributed by atoms with van der Waals surface area (Å²) >= 11 is 0. The minimum Gasteiger partial charge on any atom is -0.441 e. The third kappa shape index (κ3) is 3.25. The first-order chi connectivity index (χ1) is 8.81. The largest absolute Gasteiger partial charge is 0.441 e. The first-order valence-corrected chi connectivity index (χ1v) is 6.95. The minimum atomic E-state index is 0.699.